The summed E-state index contributed by atoms with van der Waals surface area (Å²) in [6, 6.07) is 20.6. The second-order valence-electron chi connectivity index (χ2n) is 7.03. The van der Waals surface area contributed by atoms with E-state index in [0.29, 0.717) is 36.6 Å². The summed E-state index contributed by atoms with van der Waals surface area (Å²) in [7, 11) is 1.54. The van der Waals surface area contributed by atoms with Crippen molar-refractivity contribution in [1.29, 1.82) is 0 Å². The van der Waals surface area contributed by atoms with Gasteiger partial charge in [-0.05, 0) is 29.8 Å². The fourth-order valence-corrected chi connectivity index (χ4v) is 3.70. The van der Waals surface area contributed by atoms with Crippen molar-refractivity contribution >= 4 is 11.8 Å². The Hall–Kier alpha value is -3.54. The Morgan fingerprint density at radius 3 is 2.62 bits per heavy atom. The number of methoxy groups -OCH3 is 1. The quantitative estimate of drug-likeness (QED) is 0.705. The Labute approximate surface area is 169 Å². The maximum atomic E-state index is 13.1. The highest BCUT2D eigenvalue weighted by Gasteiger charge is 2.32. The Balaban J connectivity index is 1.53. The number of aromatic nitrogens is 1. The molecule has 3 aromatic rings. The number of nitrogens with one attached hydrogen (secondary N) is 1. The minimum Gasteiger partial charge on any atom is -0.496 e. The number of rotatable bonds is 6. The van der Waals surface area contributed by atoms with Gasteiger partial charge < -0.3 is 19.5 Å². The second kappa shape index (κ2) is 8.22. The van der Waals surface area contributed by atoms with E-state index in [1.807, 2.05) is 64.2 Å². The number of hydrogen-bond donors (Lipinski definition) is 1. The molecule has 1 atom stereocenters. The van der Waals surface area contributed by atoms with Gasteiger partial charge in [0.15, 0.2) is 0 Å². The van der Waals surface area contributed by atoms with Crippen LogP contribution in [0.3, 0.4) is 0 Å². The van der Waals surface area contributed by atoms with E-state index in [1.54, 1.807) is 25.3 Å². The molecule has 0 fully saturated rings. The Morgan fingerprint density at radius 1 is 1.07 bits per heavy atom. The Bertz CT molecular complexity index is 1010. The van der Waals surface area contributed by atoms with Crippen LogP contribution in [0, 0.1) is 0 Å². The number of carbonyl (C=O) groups is 2. The van der Waals surface area contributed by atoms with Gasteiger partial charge in [0.05, 0.1) is 18.7 Å². The van der Waals surface area contributed by atoms with Crippen LogP contribution in [0.2, 0.25) is 0 Å². The van der Waals surface area contributed by atoms with E-state index in [1.165, 1.54) is 0 Å². The lowest BCUT2D eigenvalue weighted by Gasteiger charge is -2.37. The van der Waals surface area contributed by atoms with E-state index in [2.05, 4.69) is 5.32 Å². The van der Waals surface area contributed by atoms with Crippen LogP contribution in [-0.4, -0.2) is 41.0 Å². The SMILES string of the molecule is COc1ccccc1C(=O)NCC1Cn2cccc2C(=O)N1Cc1ccccc1. The molecule has 0 saturated carbocycles. The lowest BCUT2D eigenvalue weighted by molar-refractivity contribution is 0.0563. The predicted octanol–water partition coefficient (Wildman–Crippen LogP) is 2.95. The van der Waals surface area contributed by atoms with Crippen molar-refractivity contribution in [2.45, 2.75) is 19.1 Å². The number of para-hydroxylation sites is 1. The summed E-state index contributed by atoms with van der Waals surface area (Å²) in [4.78, 5) is 27.6. The highest BCUT2D eigenvalue weighted by atomic mass is 16.5. The maximum Gasteiger partial charge on any atom is 0.271 e. The first-order chi connectivity index (χ1) is 14.2. The smallest absolute Gasteiger partial charge is 0.271 e. The van der Waals surface area contributed by atoms with Gasteiger partial charge in [-0.3, -0.25) is 9.59 Å². The third kappa shape index (κ3) is 3.87. The molecule has 2 heterocycles. The standard InChI is InChI=1S/C23H23N3O3/c1-29-21-12-6-5-10-19(21)22(27)24-14-18-16-25-13-7-11-20(25)23(28)26(18)15-17-8-3-2-4-9-17/h2-13,18H,14-16H2,1H3,(H,24,27). The third-order valence-corrected chi connectivity index (χ3v) is 5.20. The van der Waals surface area contributed by atoms with Crippen LogP contribution in [0.1, 0.15) is 26.4 Å². The monoisotopic (exact) mass is 389 g/mol. The van der Waals surface area contributed by atoms with Crippen molar-refractivity contribution in [2.24, 2.45) is 0 Å². The zero-order valence-electron chi connectivity index (χ0n) is 16.2. The summed E-state index contributed by atoms with van der Waals surface area (Å²) in [6.45, 7) is 1.49. The summed E-state index contributed by atoms with van der Waals surface area (Å²) in [5.41, 5.74) is 2.21. The van der Waals surface area contributed by atoms with Crippen LogP contribution in [0.4, 0.5) is 0 Å². The fourth-order valence-electron chi connectivity index (χ4n) is 3.70. The van der Waals surface area contributed by atoms with Crippen molar-refractivity contribution < 1.29 is 14.3 Å². The summed E-state index contributed by atoms with van der Waals surface area (Å²) in [5, 5.41) is 2.98. The van der Waals surface area contributed by atoms with Crippen LogP contribution in [-0.2, 0) is 13.1 Å². The summed E-state index contributed by atoms with van der Waals surface area (Å²) in [5.74, 6) is 0.285. The minimum absolute atomic E-state index is 0.0263. The largest absolute Gasteiger partial charge is 0.496 e. The van der Waals surface area contributed by atoms with Gasteiger partial charge in [-0.1, -0.05) is 42.5 Å². The topological polar surface area (TPSA) is 63.6 Å². The average Bonchev–Trinajstić information content (AvgIpc) is 3.24. The van der Waals surface area contributed by atoms with E-state index < -0.39 is 0 Å². The molecule has 0 spiro atoms. The highest BCUT2D eigenvalue weighted by molar-refractivity contribution is 5.97. The van der Waals surface area contributed by atoms with Gasteiger partial charge in [-0.2, -0.15) is 0 Å². The van der Waals surface area contributed by atoms with Gasteiger partial charge in [-0.15, -0.1) is 0 Å². The Kier molecular flexibility index (Phi) is 5.33. The molecule has 6 nitrogen and oxygen atoms in total. The van der Waals surface area contributed by atoms with Gasteiger partial charge >= 0.3 is 0 Å². The number of nitrogens with zero attached hydrogens (tertiary/aromatic N) is 2. The molecule has 29 heavy (non-hydrogen) atoms. The van der Waals surface area contributed by atoms with E-state index in [-0.39, 0.29) is 17.9 Å². The predicted molar refractivity (Wildman–Crippen MR) is 110 cm³/mol. The molecule has 148 valence electrons. The van der Waals surface area contributed by atoms with E-state index >= 15 is 0 Å². The number of hydrogen-bond acceptors (Lipinski definition) is 3. The van der Waals surface area contributed by atoms with Crippen molar-refractivity contribution in [3.05, 3.63) is 89.7 Å². The summed E-state index contributed by atoms with van der Waals surface area (Å²) >= 11 is 0. The lowest BCUT2D eigenvalue weighted by Crippen LogP contribution is -2.52. The van der Waals surface area contributed by atoms with Gasteiger partial charge in [0, 0.05) is 25.8 Å². The molecule has 1 aliphatic heterocycles. The van der Waals surface area contributed by atoms with Crippen molar-refractivity contribution in [1.82, 2.24) is 14.8 Å². The number of amides is 2. The first-order valence-corrected chi connectivity index (χ1v) is 9.58. The molecule has 1 aliphatic rings. The van der Waals surface area contributed by atoms with Crippen LogP contribution in [0.15, 0.2) is 72.9 Å². The molecule has 1 aromatic heterocycles. The molecular weight excluding hydrogens is 366 g/mol. The molecule has 4 rings (SSSR count). The van der Waals surface area contributed by atoms with E-state index in [9.17, 15) is 9.59 Å². The van der Waals surface area contributed by atoms with Crippen molar-refractivity contribution in [3.8, 4) is 5.75 Å². The molecular formula is C23H23N3O3. The summed E-state index contributed by atoms with van der Waals surface area (Å²) < 4.78 is 7.23. The first kappa shape index (κ1) is 18.8. The van der Waals surface area contributed by atoms with Gasteiger partial charge in [0.1, 0.15) is 11.4 Å². The number of ether oxygens (including phenoxy) is 1. The van der Waals surface area contributed by atoms with E-state index in [0.717, 1.165) is 5.56 Å². The zero-order chi connectivity index (χ0) is 20.2. The number of benzene rings is 2. The molecule has 1 unspecified atom stereocenters. The molecule has 0 saturated heterocycles. The maximum absolute atomic E-state index is 13.1. The van der Waals surface area contributed by atoms with Crippen LogP contribution in [0.5, 0.6) is 5.75 Å². The van der Waals surface area contributed by atoms with Gasteiger partial charge in [-0.25, -0.2) is 0 Å². The summed E-state index contributed by atoms with van der Waals surface area (Å²) in [6.07, 6.45) is 1.90. The minimum atomic E-state index is -0.215. The van der Waals surface area contributed by atoms with Crippen LogP contribution < -0.4 is 10.1 Å². The van der Waals surface area contributed by atoms with Crippen LogP contribution in [0.25, 0.3) is 0 Å². The van der Waals surface area contributed by atoms with Gasteiger partial charge in [0.25, 0.3) is 11.8 Å². The molecule has 0 aliphatic carbocycles. The average molecular weight is 389 g/mol. The Morgan fingerprint density at radius 2 is 1.83 bits per heavy atom. The fraction of sp³-hybridized carbons (Fsp3) is 0.217. The molecule has 1 N–H and O–H groups in total. The molecule has 0 bridgehead atoms. The number of carbonyl (C=O) groups excluding carboxylic acids is 2. The normalized spacial score (nSPS) is 15.7. The van der Waals surface area contributed by atoms with E-state index in [4.69, 9.17) is 4.74 Å². The molecule has 2 aromatic carbocycles. The zero-order valence-corrected chi connectivity index (χ0v) is 16.2. The van der Waals surface area contributed by atoms with Crippen molar-refractivity contribution in [3.63, 3.8) is 0 Å². The second-order valence-corrected chi connectivity index (χ2v) is 7.03. The van der Waals surface area contributed by atoms with Crippen molar-refractivity contribution in [2.75, 3.05) is 13.7 Å². The third-order valence-electron chi connectivity index (χ3n) is 5.20. The lowest BCUT2D eigenvalue weighted by atomic mass is 10.1. The van der Waals surface area contributed by atoms with Gasteiger partial charge in [0.2, 0.25) is 0 Å². The highest BCUT2D eigenvalue weighted by Crippen LogP contribution is 2.21. The molecule has 6 heteroatoms. The molecule has 0 radical (unpaired) electrons. The number of fused-ring (bicyclic) bond motifs is 1. The van der Waals surface area contributed by atoms with Crippen LogP contribution >= 0.6 is 0 Å². The molecule has 2 amide bonds. The first-order valence-electron chi connectivity index (χ1n) is 9.58.